The molecule has 2 rings (SSSR count). The van der Waals surface area contributed by atoms with Crippen LogP contribution < -0.4 is 5.73 Å². The summed E-state index contributed by atoms with van der Waals surface area (Å²) in [6, 6.07) is 5.97. The minimum absolute atomic E-state index is 0.165. The number of nitrogen functional groups attached to an aromatic ring is 1. The minimum Gasteiger partial charge on any atom is -0.382 e. The lowest BCUT2D eigenvalue weighted by Crippen LogP contribution is -1.84. The van der Waals surface area contributed by atoms with Crippen LogP contribution in [0.15, 0.2) is 24.3 Å². The molecule has 18 heavy (non-hydrogen) atoms. The lowest BCUT2D eigenvalue weighted by Gasteiger charge is -1.95. The smallest absolute Gasteiger partial charge is 0.185 e. The number of benzene rings is 1. The first kappa shape index (κ1) is 12.7. The number of aromatic amines is 1. The molecule has 1 aromatic carbocycles. The monoisotopic (exact) mass is 261 g/mol. The van der Waals surface area contributed by atoms with Gasteiger partial charge in [-0.25, -0.2) is 0 Å². The standard InChI is InChI=1S/C13H15N3OS/c1-9(17)18-7-3-2-4-10-5-6-11-12(8-10)15-16-13(11)14/h2,4-6,8H,3,7H2,1H3,(H3,14,15,16). The third-order valence-electron chi connectivity index (χ3n) is 2.52. The molecule has 5 heteroatoms. The van der Waals surface area contributed by atoms with Gasteiger partial charge in [-0.05, 0) is 24.1 Å². The van der Waals surface area contributed by atoms with Crippen LogP contribution in [0.3, 0.4) is 0 Å². The van der Waals surface area contributed by atoms with Gasteiger partial charge in [0.15, 0.2) is 10.9 Å². The Bertz CT molecular complexity index is 589. The van der Waals surface area contributed by atoms with E-state index in [1.165, 1.54) is 11.8 Å². The van der Waals surface area contributed by atoms with Gasteiger partial charge >= 0.3 is 0 Å². The molecule has 0 atom stereocenters. The normalized spacial score (nSPS) is 11.4. The third kappa shape index (κ3) is 3.13. The van der Waals surface area contributed by atoms with Crippen LogP contribution in [-0.4, -0.2) is 21.1 Å². The number of hydrogen-bond acceptors (Lipinski definition) is 4. The van der Waals surface area contributed by atoms with Crippen LogP contribution in [0.2, 0.25) is 0 Å². The van der Waals surface area contributed by atoms with Crippen molar-refractivity contribution in [2.45, 2.75) is 13.3 Å². The molecular weight excluding hydrogens is 246 g/mol. The second kappa shape index (κ2) is 5.73. The highest BCUT2D eigenvalue weighted by Gasteiger charge is 2.00. The van der Waals surface area contributed by atoms with Gasteiger partial charge in [0.25, 0.3) is 0 Å². The number of nitrogens with two attached hydrogens (primary N) is 1. The van der Waals surface area contributed by atoms with E-state index in [-0.39, 0.29) is 5.12 Å². The number of carbonyl (C=O) groups excluding carboxylic acids is 1. The Morgan fingerprint density at radius 2 is 2.39 bits per heavy atom. The van der Waals surface area contributed by atoms with E-state index in [4.69, 9.17) is 5.73 Å². The number of rotatable bonds is 4. The van der Waals surface area contributed by atoms with E-state index in [9.17, 15) is 4.79 Å². The Labute approximate surface area is 110 Å². The van der Waals surface area contributed by atoms with E-state index in [1.54, 1.807) is 6.92 Å². The number of thioether (sulfide) groups is 1. The predicted octanol–water partition coefficient (Wildman–Crippen LogP) is 2.83. The molecular formula is C13H15N3OS. The zero-order chi connectivity index (χ0) is 13.0. The summed E-state index contributed by atoms with van der Waals surface area (Å²) in [6.07, 6.45) is 4.99. The Morgan fingerprint density at radius 1 is 1.56 bits per heavy atom. The van der Waals surface area contributed by atoms with Crippen LogP contribution >= 0.6 is 11.8 Å². The van der Waals surface area contributed by atoms with Crippen molar-refractivity contribution >= 4 is 39.7 Å². The zero-order valence-electron chi connectivity index (χ0n) is 10.1. The molecule has 4 nitrogen and oxygen atoms in total. The van der Waals surface area contributed by atoms with E-state index in [1.807, 2.05) is 24.3 Å². The summed E-state index contributed by atoms with van der Waals surface area (Å²) in [7, 11) is 0. The van der Waals surface area contributed by atoms with Gasteiger partial charge in [-0.1, -0.05) is 30.0 Å². The van der Waals surface area contributed by atoms with Crippen molar-refractivity contribution in [2.75, 3.05) is 11.5 Å². The van der Waals surface area contributed by atoms with Crippen molar-refractivity contribution < 1.29 is 4.79 Å². The van der Waals surface area contributed by atoms with Gasteiger partial charge in [-0.3, -0.25) is 9.89 Å². The van der Waals surface area contributed by atoms with E-state index >= 15 is 0 Å². The molecule has 0 spiro atoms. The second-order valence-electron chi connectivity index (χ2n) is 3.94. The van der Waals surface area contributed by atoms with Gasteiger partial charge in [0, 0.05) is 18.1 Å². The molecule has 3 N–H and O–H groups in total. The maximum absolute atomic E-state index is 10.7. The Hall–Kier alpha value is -1.75. The molecule has 0 aliphatic carbocycles. The van der Waals surface area contributed by atoms with Crippen molar-refractivity contribution in [3.8, 4) is 0 Å². The van der Waals surface area contributed by atoms with Crippen LogP contribution in [0.4, 0.5) is 5.82 Å². The van der Waals surface area contributed by atoms with E-state index in [0.29, 0.717) is 5.82 Å². The molecule has 0 amide bonds. The fourth-order valence-electron chi connectivity index (χ4n) is 1.65. The van der Waals surface area contributed by atoms with Crippen LogP contribution in [0.5, 0.6) is 0 Å². The number of allylic oxidation sites excluding steroid dienone is 1. The zero-order valence-corrected chi connectivity index (χ0v) is 11.0. The first-order valence-electron chi connectivity index (χ1n) is 5.70. The molecule has 1 heterocycles. The molecule has 0 saturated heterocycles. The number of aromatic nitrogens is 2. The fourth-order valence-corrected chi connectivity index (χ4v) is 2.19. The lowest BCUT2D eigenvalue weighted by atomic mass is 10.1. The van der Waals surface area contributed by atoms with E-state index in [2.05, 4.69) is 16.3 Å². The average Bonchev–Trinajstić information content (AvgIpc) is 2.70. The van der Waals surface area contributed by atoms with Crippen LogP contribution in [0.25, 0.3) is 17.0 Å². The SMILES string of the molecule is CC(=O)SCCC=Cc1ccc2c(N)n[nH]c2c1. The first-order valence-corrected chi connectivity index (χ1v) is 6.69. The van der Waals surface area contributed by atoms with Crippen molar-refractivity contribution in [3.05, 3.63) is 29.8 Å². The Kier molecular flexibility index (Phi) is 4.04. The topological polar surface area (TPSA) is 71.8 Å². The highest BCUT2D eigenvalue weighted by Crippen LogP contribution is 2.19. The number of nitrogens with one attached hydrogen (secondary N) is 1. The maximum Gasteiger partial charge on any atom is 0.185 e. The van der Waals surface area contributed by atoms with E-state index in [0.717, 1.165) is 28.6 Å². The summed E-state index contributed by atoms with van der Waals surface area (Å²) in [6.45, 7) is 1.59. The molecule has 0 bridgehead atoms. The highest BCUT2D eigenvalue weighted by atomic mass is 32.2. The first-order chi connectivity index (χ1) is 8.66. The molecule has 0 aliphatic heterocycles. The molecule has 0 fully saturated rings. The molecule has 0 unspecified atom stereocenters. The second-order valence-corrected chi connectivity index (χ2v) is 5.22. The number of hydrogen-bond donors (Lipinski definition) is 2. The fraction of sp³-hybridized carbons (Fsp3) is 0.231. The molecule has 1 aromatic heterocycles. The quantitative estimate of drug-likeness (QED) is 0.830. The molecule has 2 aromatic rings. The Balaban J connectivity index is 1.99. The Morgan fingerprint density at radius 3 is 3.17 bits per heavy atom. The summed E-state index contributed by atoms with van der Waals surface area (Å²) >= 11 is 1.35. The molecule has 0 aliphatic rings. The maximum atomic E-state index is 10.7. The number of anilines is 1. The number of fused-ring (bicyclic) bond motifs is 1. The predicted molar refractivity (Wildman–Crippen MR) is 77.3 cm³/mol. The third-order valence-corrected chi connectivity index (χ3v) is 3.36. The summed E-state index contributed by atoms with van der Waals surface area (Å²) in [5.74, 6) is 1.35. The summed E-state index contributed by atoms with van der Waals surface area (Å²) in [5, 5.41) is 7.95. The largest absolute Gasteiger partial charge is 0.382 e. The van der Waals surface area contributed by atoms with Crippen molar-refractivity contribution in [1.29, 1.82) is 0 Å². The van der Waals surface area contributed by atoms with Gasteiger partial charge in [0.1, 0.15) is 0 Å². The van der Waals surface area contributed by atoms with Crippen molar-refractivity contribution in [3.63, 3.8) is 0 Å². The van der Waals surface area contributed by atoms with E-state index < -0.39 is 0 Å². The van der Waals surface area contributed by atoms with Gasteiger partial charge in [-0.15, -0.1) is 0 Å². The highest BCUT2D eigenvalue weighted by molar-refractivity contribution is 8.13. The number of carbonyl (C=O) groups is 1. The minimum atomic E-state index is 0.165. The molecule has 94 valence electrons. The van der Waals surface area contributed by atoms with Gasteiger partial charge in [0.2, 0.25) is 0 Å². The number of nitrogens with zero attached hydrogens (tertiary/aromatic N) is 1. The summed E-state index contributed by atoms with van der Waals surface area (Å²) in [4.78, 5) is 10.7. The molecule has 0 radical (unpaired) electrons. The summed E-state index contributed by atoms with van der Waals surface area (Å²) in [5.41, 5.74) is 7.73. The van der Waals surface area contributed by atoms with Crippen molar-refractivity contribution in [2.24, 2.45) is 0 Å². The average molecular weight is 261 g/mol. The van der Waals surface area contributed by atoms with Crippen LogP contribution in [-0.2, 0) is 4.79 Å². The summed E-state index contributed by atoms with van der Waals surface area (Å²) < 4.78 is 0. The van der Waals surface area contributed by atoms with Gasteiger partial charge in [0.05, 0.1) is 5.52 Å². The molecule has 0 saturated carbocycles. The van der Waals surface area contributed by atoms with Crippen LogP contribution in [0, 0.1) is 0 Å². The van der Waals surface area contributed by atoms with Gasteiger partial charge < -0.3 is 5.73 Å². The lowest BCUT2D eigenvalue weighted by molar-refractivity contribution is -0.109. The van der Waals surface area contributed by atoms with Crippen LogP contribution in [0.1, 0.15) is 18.9 Å². The number of H-pyrrole nitrogens is 1. The van der Waals surface area contributed by atoms with Crippen molar-refractivity contribution in [1.82, 2.24) is 10.2 Å². The van der Waals surface area contributed by atoms with Gasteiger partial charge in [-0.2, -0.15) is 5.10 Å².